The van der Waals surface area contributed by atoms with Crippen molar-refractivity contribution >= 4 is 10.1 Å². The summed E-state index contributed by atoms with van der Waals surface area (Å²) in [6, 6.07) is 8.60. The first-order valence-corrected chi connectivity index (χ1v) is 8.81. The lowest BCUT2D eigenvalue weighted by molar-refractivity contribution is 0.210. The predicted octanol–water partition coefficient (Wildman–Crippen LogP) is 2.73. The number of benzene rings is 1. The molecule has 0 unspecified atom stereocenters. The fraction of sp³-hybridized carbons (Fsp3) is 0.375. The molecule has 112 valence electrons. The number of hydrogen-bond donors (Lipinski definition) is 0. The van der Waals surface area contributed by atoms with Crippen molar-refractivity contribution < 1.29 is 12.6 Å². The lowest BCUT2D eigenvalue weighted by Gasteiger charge is -2.15. The number of nitrogens with zero attached hydrogens (tertiary/aromatic N) is 1. The van der Waals surface area contributed by atoms with Gasteiger partial charge in [0.1, 0.15) is 0 Å². The summed E-state index contributed by atoms with van der Waals surface area (Å²) in [5.41, 5.74) is 6.30. The summed E-state index contributed by atoms with van der Waals surface area (Å²) in [6.45, 7) is 4.39. The van der Waals surface area contributed by atoms with Gasteiger partial charge in [-0.3, -0.25) is 4.18 Å². The number of aromatic nitrogens is 1. The number of hydrogen-bond acceptors (Lipinski definition) is 3. The van der Waals surface area contributed by atoms with E-state index in [4.69, 9.17) is 4.18 Å². The Morgan fingerprint density at radius 2 is 2.05 bits per heavy atom. The molecule has 0 aliphatic heterocycles. The van der Waals surface area contributed by atoms with Gasteiger partial charge in [0.15, 0.2) is 0 Å². The van der Waals surface area contributed by atoms with Crippen molar-refractivity contribution in [1.82, 2.24) is 4.57 Å². The smallest absolute Gasteiger partial charge is 0.264 e. The van der Waals surface area contributed by atoms with Gasteiger partial charge in [-0.1, -0.05) is 17.7 Å². The lowest BCUT2D eigenvalue weighted by atomic mass is 10.1. The molecule has 3 rings (SSSR count). The SMILES string of the molecule is Cc1ccc2c(c1)-c1c(ccn1C[C@H](C)OS(C)(=O)=O)C2. The van der Waals surface area contributed by atoms with E-state index in [-0.39, 0.29) is 6.10 Å². The van der Waals surface area contributed by atoms with Crippen LogP contribution in [0.3, 0.4) is 0 Å². The molecule has 4 nitrogen and oxygen atoms in total. The van der Waals surface area contributed by atoms with Crippen LogP contribution < -0.4 is 0 Å². The first-order chi connectivity index (χ1) is 9.83. The Labute approximate surface area is 125 Å². The Bertz CT molecular complexity index is 790. The molecule has 0 saturated carbocycles. The predicted molar refractivity (Wildman–Crippen MR) is 82.8 cm³/mol. The van der Waals surface area contributed by atoms with Gasteiger partial charge >= 0.3 is 0 Å². The van der Waals surface area contributed by atoms with Crippen LogP contribution in [0.5, 0.6) is 0 Å². The molecular weight excluding hydrogens is 286 g/mol. The minimum absolute atomic E-state index is 0.384. The van der Waals surface area contributed by atoms with Crippen LogP contribution in [-0.4, -0.2) is 25.3 Å². The number of rotatable bonds is 4. The van der Waals surface area contributed by atoms with Crippen LogP contribution >= 0.6 is 0 Å². The third-order valence-electron chi connectivity index (χ3n) is 3.74. The van der Waals surface area contributed by atoms with E-state index in [1.807, 2.05) is 6.20 Å². The minimum atomic E-state index is -3.42. The van der Waals surface area contributed by atoms with Gasteiger partial charge in [0.25, 0.3) is 10.1 Å². The average Bonchev–Trinajstić information content (AvgIpc) is 2.87. The van der Waals surface area contributed by atoms with Crippen LogP contribution in [0.15, 0.2) is 30.5 Å². The van der Waals surface area contributed by atoms with Crippen molar-refractivity contribution in [3.63, 3.8) is 0 Å². The molecule has 0 bridgehead atoms. The summed E-state index contributed by atoms with van der Waals surface area (Å²) < 4.78 is 29.6. The van der Waals surface area contributed by atoms with Gasteiger partial charge < -0.3 is 4.57 Å². The summed E-state index contributed by atoms with van der Waals surface area (Å²) in [5.74, 6) is 0. The van der Waals surface area contributed by atoms with Crippen LogP contribution in [-0.2, 0) is 27.3 Å². The van der Waals surface area contributed by atoms with Gasteiger partial charge in [-0.2, -0.15) is 8.42 Å². The summed E-state index contributed by atoms with van der Waals surface area (Å²) in [7, 11) is -3.42. The molecule has 0 N–H and O–H groups in total. The van der Waals surface area contributed by atoms with E-state index in [2.05, 4.69) is 35.8 Å². The third kappa shape index (κ3) is 2.89. The largest absolute Gasteiger partial charge is 0.345 e. The second kappa shape index (κ2) is 5.00. The number of fused-ring (bicyclic) bond motifs is 3. The quantitative estimate of drug-likeness (QED) is 0.696. The van der Waals surface area contributed by atoms with Crippen molar-refractivity contribution in [3.8, 4) is 11.3 Å². The van der Waals surface area contributed by atoms with Crippen molar-refractivity contribution in [2.24, 2.45) is 0 Å². The molecule has 0 spiro atoms. The lowest BCUT2D eigenvalue weighted by Crippen LogP contribution is -2.20. The van der Waals surface area contributed by atoms with Crippen molar-refractivity contribution in [1.29, 1.82) is 0 Å². The molecule has 0 fully saturated rings. The zero-order chi connectivity index (χ0) is 15.2. The second-order valence-electron chi connectivity index (χ2n) is 5.79. The minimum Gasteiger partial charge on any atom is -0.345 e. The van der Waals surface area contributed by atoms with Crippen LogP contribution in [0.25, 0.3) is 11.3 Å². The molecule has 1 aliphatic carbocycles. The Morgan fingerprint density at radius 1 is 1.29 bits per heavy atom. The number of aryl methyl sites for hydroxylation is 1. The molecule has 1 aromatic carbocycles. The highest BCUT2D eigenvalue weighted by Gasteiger charge is 2.23. The molecule has 21 heavy (non-hydrogen) atoms. The molecule has 1 heterocycles. The summed E-state index contributed by atoms with van der Waals surface area (Å²) in [5, 5.41) is 0. The van der Waals surface area contributed by atoms with Crippen LogP contribution in [0.2, 0.25) is 0 Å². The van der Waals surface area contributed by atoms with E-state index in [0.29, 0.717) is 6.54 Å². The van der Waals surface area contributed by atoms with Gasteiger partial charge in [0, 0.05) is 18.2 Å². The summed E-state index contributed by atoms with van der Waals surface area (Å²) in [4.78, 5) is 0. The Balaban J connectivity index is 1.91. The van der Waals surface area contributed by atoms with E-state index in [9.17, 15) is 8.42 Å². The van der Waals surface area contributed by atoms with Crippen molar-refractivity contribution in [2.45, 2.75) is 32.9 Å². The monoisotopic (exact) mass is 305 g/mol. The van der Waals surface area contributed by atoms with Crippen LogP contribution in [0.4, 0.5) is 0 Å². The zero-order valence-electron chi connectivity index (χ0n) is 12.5. The normalized spacial score (nSPS) is 14.8. The fourth-order valence-corrected chi connectivity index (χ4v) is 3.67. The Morgan fingerprint density at radius 3 is 2.76 bits per heavy atom. The Kier molecular flexibility index (Phi) is 3.42. The van der Waals surface area contributed by atoms with Crippen molar-refractivity contribution in [2.75, 3.05) is 6.26 Å². The standard InChI is InChI=1S/C16H19NO3S/c1-11-4-5-13-9-14-6-7-17(16(14)15(13)8-11)10-12(2)20-21(3,18)19/h4-8,12H,9-10H2,1-3H3/t12-/m0/s1. The van der Waals surface area contributed by atoms with Crippen LogP contribution in [0.1, 0.15) is 23.6 Å². The van der Waals surface area contributed by atoms with E-state index in [1.165, 1.54) is 27.9 Å². The van der Waals surface area contributed by atoms with E-state index >= 15 is 0 Å². The zero-order valence-corrected chi connectivity index (χ0v) is 13.3. The highest BCUT2D eigenvalue weighted by Crippen LogP contribution is 2.38. The second-order valence-corrected chi connectivity index (χ2v) is 7.39. The maximum atomic E-state index is 11.2. The van der Waals surface area contributed by atoms with Crippen LogP contribution in [0, 0.1) is 6.92 Å². The molecule has 0 amide bonds. The molecule has 5 heteroatoms. The maximum Gasteiger partial charge on any atom is 0.264 e. The van der Waals surface area contributed by atoms with Gasteiger partial charge in [-0.15, -0.1) is 0 Å². The maximum absolute atomic E-state index is 11.2. The molecular formula is C16H19NO3S. The summed E-state index contributed by atoms with van der Waals surface area (Å²) in [6.07, 6.45) is 3.66. The van der Waals surface area contributed by atoms with Crippen molar-refractivity contribution in [3.05, 3.63) is 47.2 Å². The van der Waals surface area contributed by atoms with E-state index in [0.717, 1.165) is 12.7 Å². The topological polar surface area (TPSA) is 48.3 Å². The average molecular weight is 305 g/mol. The highest BCUT2D eigenvalue weighted by molar-refractivity contribution is 7.86. The first-order valence-electron chi connectivity index (χ1n) is 6.99. The molecule has 1 aliphatic rings. The fourth-order valence-electron chi connectivity index (χ4n) is 3.02. The summed E-state index contributed by atoms with van der Waals surface area (Å²) >= 11 is 0. The molecule has 0 saturated heterocycles. The van der Waals surface area contributed by atoms with Gasteiger partial charge in [0.05, 0.1) is 24.6 Å². The van der Waals surface area contributed by atoms with Gasteiger partial charge in [-0.05, 0) is 37.1 Å². The van der Waals surface area contributed by atoms with E-state index in [1.54, 1.807) is 6.92 Å². The third-order valence-corrected chi connectivity index (χ3v) is 4.42. The van der Waals surface area contributed by atoms with Gasteiger partial charge in [-0.25, -0.2) is 0 Å². The highest BCUT2D eigenvalue weighted by atomic mass is 32.2. The Hall–Kier alpha value is -1.59. The molecule has 1 atom stereocenters. The molecule has 1 aromatic heterocycles. The van der Waals surface area contributed by atoms with Gasteiger partial charge in [0.2, 0.25) is 0 Å². The first kappa shape index (κ1) is 14.4. The molecule has 0 radical (unpaired) electrons. The molecule has 2 aromatic rings. The van der Waals surface area contributed by atoms with E-state index < -0.39 is 10.1 Å².